The lowest BCUT2D eigenvalue weighted by molar-refractivity contribution is -0.342. The van der Waals surface area contributed by atoms with Gasteiger partial charge < -0.3 is 10.6 Å². The van der Waals surface area contributed by atoms with Crippen molar-refractivity contribution in [2.24, 2.45) is 5.92 Å². The Labute approximate surface area is 298 Å². The molecule has 0 unspecified atom stereocenters. The van der Waals surface area contributed by atoms with Crippen LogP contribution < -0.4 is 10.6 Å². The number of Topliss-reactive ketones (excluding diaryl/α,β-unsaturated/α-hetero) is 1. The van der Waals surface area contributed by atoms with Crippen LogP contribution in [0.15, 0.2) is 48.5 Å². The highest BCUT2D eigenvalue weighted by Gasteiger charge is 2.72. The summed E-state index contributed by atoms with van der Waals surface area (Å²) in [6.45, 7) is 0. The molecule has 21 heteroatoms. The maximum absolute atomic E-state index is 15.2. The lowest BCUT2D eigenvalue weighted by Gasteiger charge is -2.29. The first-order valence-corrected chi connectivity index (χ1v) is 15.3. The summed E-state index contributed by atoms with van der Waals surface area (Å²) in [7, 11) is 0. The van der Waals surface area contributed by atoms with E-state index in [1.165, 1.54) is 0 Å². The maximum atomic E-state index is 15.2. The normalized spacial score (nSPS) is 17.5. The van der Waals surface area contributed by atoms with Gasteiger partial charge in [-0.3, -0.25) is 14.4 Å². The Hall–Kier alpha value is -3.77. The summed E-state index contributed by atoms with van der Waals surface area (Å²) in [5.41, 5.74) is -10.3. The number of carbonyl (C=O) groups is 3. The number of anilines is 2. The van der Waals surface area contributed by atoms with Crippen molar-refractivity contribution in [2.75, 3.05) is 10.6 Å². The van der Waals surface area contributed by atoms with E-state index in [-0.39, 0.29) is 16.3 Å². The summed E-state index contributed by atoms with van der Waals surface area (Å²) in [5.74, 6) is -11.2. The molecule has 4 rings (SSSR count). The molecule has 1 aliphatic rings. The number of hydrogen-bond acceptors (Lipinski definition) is 3. The van der Waals surface area contributed by atoms with E-state index < -0.39 is 117 Å². The number of hydrogen-bond donors (Lipinski definition) is 2. The van der Waals surface area contributed by atoms with Crippen molar-refractivity contribution in [3.05, 3.63) is 93.3 Å². The van der Waals surface area contributed by atoms with Gasteiger partial charge in [-0.05, 0) is 48.0 Å². The van der Waals surface area contributed by atoms with Crippen molar-refractivity contribution < 1.29 is 71.5 Å². The van der Waals surface area contributed by atoms with E-state index in [1.807, 2.05) is 5.32 Å². The van der Waals surface area contributed by atoms with Gasteiger partial charge in [0.1, 0.15) is 21.8 Å². The lowest BCUT2D eigenvalue weighted by Crippen LogP contribution is -2.53. The third-order valence-corrected chi connectivity index (χ3v) is 9.19. The molecule has 0 bridgehead atoms. The molecule has 0 saturated heterocycles. The first kappa shape index (κ1) is 41.0. The van der Waals surface area contributed by atoms with E-state index >= 15 is 4.39 Å². The summed E-state index contributed by atoms with van der Waals surface area (Å²) in [5, 5.41) is 3.97. The molecule has 5 nitrogen and oxygen atoms in total. The Morgan fingerprint density at radius 1 is 0.769 bits per heavy atom. The molecular weight excluding hydrogens is 802 g/mol. The van der Waals surface area contributed by atoms with E-state index in [2.05, 4.69) is 5.32 Å². The van der Waals surface area contributed by atoms with Gasteiger partial charge >= 0.3 is 18.5 Å². The zero-order valence-corrected chi connectivity index (χ0v) is 27.4. The number of carbonyl (C=O) groups excluding carboxylic acids is 3. The van der Waals surface area contributed by atoms with Crippen LogP contribution in [0, 0.1) is 23.4 Å². The van der Waals surface area contributed by atoms with E-state index in [0.29, 0.717) is 24.3 Å². The van der Waals surface area contributed by atoms with Crippen LogP contribution in [0.4, 0.5) is 68.5 Å². The highest BCUT2D eigenvalue weighted by atomic mass is 35.5. The largest absolute Gasteiger partial charge is 0.431 e. The van der Waals surface area contributed by atoms with Crippen molar-refractivity contribution in [1.82, 2.24) is 0 Å². The van der Waals surface area contributed by atoms with Crippen molar-refractivity contribution in [3.8, 4) is 0 Å². The van der Waals surface area contributed by atoms with Gasteiger partial charge in [0.2, 0.25) is 5.91 Å². The fourth-order valence-electron chi connectivity index (χ4n) is 5.11. The fourth-order valence-corrected chi connectivity index (χ4v) is 6.14. The number of benzene rings is 3. The van der Waals surface area contributed by atoms with Crippen LogP contribution in [0.3, 0.4) is 0 Å². The van der Waals surface area contributed by atoms with E-state index in [9.17, 15) is 67.1 Å². The summed E-state index contributed by atoms with van der Waals surface area (Å²) >= 11 is 18.4. The van der Waals surface area contributed by atoms with Crippen LogP contribution >= 0.6 is 34.8 Å². The fraction of sp³-hybridized carbons (Fsp3) is 0.323. The molecule has 2 amide bonds. The van der Waals surface area contributed by atoms with Crippen molar-refractivity contribution in [2.45, 2.75) is 53.7 Å². The number of halogens is 16. The van der Waals surface area contributed by atoms with Gasteiger partial charge in [0.15, 0.2) is 5.82 Å². The van der Waals surface area contributed by atoms with E-state index in [4.69, 9.17) is 34.8 Å². The zero-order valence-electron chi connectivity index (χ0n) is 25.2. The lowest BCUT2D eigenvalue weighted by atomic mass is 9.94. The monoisotopic (exact) mass is 818 g/mol. The molecule has 2 N–H and O–H groups in total. The minimum absolute atomic E-state index is 0.183. The van der Waals surface area contributed by atoms with Crippen molar-refractivity contribution in [3.63, 3.8) is 0 Å². The highest BCUT2D eigenvalue weighted by molar-refractivity contribution is 6.53. The van der Waals surface area contributed by atoms with Crippen LogP contribution in [0.1, 0.15) is 45.8 Å². The summed E-state index contributed by atoms with van der Waals surface area (Å²) in [4.78, 5) is 38.2. The molecule has 0 heterocycles. The second kappa shape index (κ2) is 14.2. The number of amides is 2. The average Bonchev–Trinajstić information content (AvgIpc) is 3.60. The Morgan fingerprint density at radius 3 is 1.94 bits per heavy atom. The van der Waals surface area contributed by atoms with Gasteiger partial charge in [0, 0.05) is 36.4 Å². The Morgan fingerprint density at radius 2 is 1.37 bits per heavy atom. The number of ketones is 1. The second-order valence-electron chi connectivity index (χ2n) is 11.4. The highest BCUT2D eigenvalue weighted by Crippen LogP contribution is 2.65. The molecule has 0 aliphatic heterocycles. The average molecular weight is 820 g/mol. The molecular formula is C31H18Cl3F13N2O3. The summed E-state index contributed by atoms with van der Waals surface area (Å²) in [6.07, 6.45) is -23.6. The zero-order chi connectivity index (χ0) is 39.4. The van der Waals surface area contributed by atoms with Crippen LogP contribution in [0.5, 0.6) is 0 Å². The molecule has 0 spiro atoms. The molecule has 3 aromatic carbocycles. The Bertz CT molecular complexity index is 1900. The second-order valence-corrected chi connectivity index (χ2v) is 13.3. The van der Waals surface area contributed by atoms with Gasteiger partial charge in [-0.1, -0.05) is 17.7 Å². The molecule has 3 aromatic rings. The molecule has 2 atom stereocenters. The number of rotatable bonds is 10. The maximum Gasteiger partial charge on any atom is 0.431 e. The Kier molecular flexibility index (Phi) is 11.2. The van der Waals surface area contributed by atoms with Gasteiger partial charge in [-0.25, -0.2) is 17.6 Å². The molecule has 52 heavy (non-hydrogen) atoms. The van der Waals surface area contributed by atoms with Crippen LogP contribution in [0.25, 0.3) is 0 Å². The standard InChI is InChI=1S/C31H18Cl3F13N2O3/c32-18-3-2-13(48-26(52)23-22(28(23,33)34)12-1-4-20(36)17(9-12)29(39,40)41)10-15(18)25(51)49-21-6-5-19(35)16(24(21)37)11-14(50)7-8-27(38,30(42,43)44)31(45,46)47/h1-6,9-10,22-23H,7-8,11H2,(H,48,52)(H,49,51)/t22-,23+/m0/s1. The van der Waals surface area contributed by atoms with E-state index in [1.54, 1.807) is 0 Å². The number of alkyl halides is 12. The topological polar surface area (TPSA) is 75.3 Å². The van der Waals surface area contributed by atoms with Gasteiger partial charge in [-0.2, -0.15) is 39.5 Å². The van der Waals surface area contributed by atoms with Crippen LogP contribution in [-0.2, 0) is 22.2 Å². The third kappa shape index (κ3) is 8.23. The quantitative estimate of drug-likeness (QED) is 0.158. The molecule has 1 aliphatic carbocycles. The predicted octanol–water partition coefficient (Wildman–Crippen LogP) is 10.3. The van der Waals surface area contributed by atoms with Gasteiger partial charge in [0.05, 0.1) is 27.8 Å². The van der Waals surface area contributed by atoms with Gasteiger partial charge in [0.25, 0.3) is 11.6 Å². The third-order valence-electron chi connectivity index (χ3n) is 7.92. The summed E-state index contributed by atoms with van der Waals surface area (Å²) in [6, 6.07) is 6.23. The number of nitrogens with one attached hydrogen (secondary N) is 2. The SMILES string of the molecule is O=C(CCC(F)(C(F)(F)F)C(F)(F)F)Cc1c(F)ccc(NC(=O)c2cc(NC(=O)[C@H]3[C@H](c4ccc(F)c(C(F)(F)F)c4)C3(Cl)Cl)ccc2Cl)c1F. The predicted molar refractivity (Wildman–Crippen MR) is 160 cm³/mol. The van der Waals surface area contributed by atoms with Crippen LogP contribution in [-0.4, -0.2) is 40.0 Å². The molecule has 1 saturated carbocycles. The first-order chi connectivity index (χ1) is 23.7. The minimum atomic E-state index is -6.46. The minimum Gasteiger partial charge on any atom is -0.326 e. The first-order valence-electron chi connectivity index (χ1n) is 14.2. The summed E-state index contributed by atoms with van der Waals surface area (Å²) < 4.78 is 172. The molecule has 1 fully saturated rings. The molecule has 0 radical (unpaired) electrons. The smallest absolute Gasteiger partial charge is 0.326 e. The van der Waals surface area contributed by atoms with Crippen molar-refractivity contribution in [1.29, 1.82) is 0 Å². The van der Waals surface area contributed by atoms with Crippen LogP contribution in [0.2, 0.25) is 5.02 Å². The molecule has 282 valence electrons. The van der Waals surface area contributed by atoms with E-state index in [0.717, 1.165) is 24.3 Å². The molecule has 0 aromatic heterocycles. The Balaban J connectivity index is 1.48. The van der Waals surface area contributed by atoms with Gasteiger partial charge in [-0.15, -0.1) is 23.2 Å². The van der Waals surface area contributed by atoms with Crippen molar-refractivity contribution >= 4 is 63.8 Å².